The van der Waals surface area contributed by atoms with Crippen LogP contribution in [0.5, 0.6) is 5.75 Å². The molecule has 244 valence electrons. The molecule has 0 spiro atoms. The largest absolute Gasteiger partial charge is 0.508 e. The van der Waals surface area contributed by atoms with E-state index in [-0.39, 0.29) is 37.6 Å². The summed E-state index contributed by atoms with van der Waals surface area (Å²) in [7, 11) is 0. The average molecular weight is 620 g/mol. The standard InChI is InChI=1S/C34H45N5O5.CH4/c40-29-7-5-24(6-8-29)23-31(32(41)37-18-11-26(12-19-37)25-9-16-35-17-10-25)44-34(43)38-20-14-28(15-21-38)39-22-13-27-3-1-2-4-30(27)36-33(39)42;/h1-8,25-26,28,31,35,40H,9-23H2,(H,36,42);1H4/t31-;/m1./s1. The van der Waals surface area contributed by atoms with Crippen molar-refractivity contribution < 1.29 is 24.2 Å². The lowest BCUT2D eigenvalue weighted by Crippen LogP contribution is -2.52. The molecule has 0 radical (unpaired) electrons. The molecule has 3 fully saturated rings. The SMILES string of the molecule is C.O=C(O[C@H](Cc1ccc(O)cc1)C(=O)N1CCC(C2CCNCC2)CC1)N1CCC(N2CCc3ccccc3NC2=O)CC1. The van der Waals surface area contributed by atoms with Crippen LogP contribution in [0.15, 0.2) is 48.5 Å². The molecular formula is C35H49N5O5. The monoisotopic (exact) mass is 619 g/mol. The van der Waals surface area contributed by atoms with E-state index in [0.717, 1.165) is 55.1 Å². The Morgan fingerprint density at radius 3 is 2.20 bits per heavy atom. The van der Waals surface area contributed by atoms with Crippen LogP contribution in [-0.4, -0.2) is 95.8 Å². The second-order valence-electron chi connectivity index (χ2n) is 12.7. The minimum Gasteiger partial charge on any atom is -0.508 e. The van der Waals surface area contributed by atoms with Crippen LogP contribution in [0.1, 0.15) is 57.1 Å². The van der Waals surface area contributed by atoms with Crippen molar-refractivity contribution in [1.82, 2.24) is 20.0 Å². The molecule has 2 aromatic carbocycles. The number of amides is 4. The molecule has 6 rings (SSSR count). The van der Waals surface area contributed by atoms with Crippen LogP contribution in [0.2, 0.25) is 0 Å². The molecular weight excluding hydrogens is 570 g/mol. The van der Waals surface area contributed by atoms with Gasteiger partial charge in [-0.05, 0) is 99.2 Å². The van der Waals surface area contributed by atoms with E-state index in [1.165, 1.54) is 12.8 Å². The molecule has 4 heterocycles. The first kappa shape index (κ1) is 32.6. The quantitative estimate of drug-likeness (QED) is 0.425. The van der Waals surface area contributed by atoms with Gasteiger partial charge in [-0.1, -0.05) is 37.8 Å². The number of carbonyl (C=O) groups excluding carboxylic acids is 3. The molecule has 0 aromatic heterocycles. The van der Waals surface area contributed by atoms with Gasteiger partial charge in [0.1, 0.15) is 5.75 Å². The number of hydrogen-bond donors (Lipinski definition) is 3. The molecule has 4 amide bonds. The van der Waals surface area contributed by atoms with Crippen molar-refractivity contribution in [3.8, 4) is 5.75 Å². The Balaban J connectivity index is 0.00000400. The second kappa shape index (κ2) is 15.0. The molecule has 10 heteroatoms. The van der Waals surface area contributed by atoms with Crippen LogP contribution in [0.3, 0.4) is 0 Å². The number of urea groups is 1. The molecule has 2 aromatic rings. The molecule has 0 aliphatic carbocycles. The van der Waals surface area contributed by atoms with Gasteiger partial charge in [0, 0.05) is 50.9 Å². The van der Waals surface area contributed by atoms with Gasteiger partial charge in [0.15, 0.2) is 6.10 Å². The number of para-hydroxylation sites is 1. The minimum atomic E-state index is -0.935. The average Bonchev–Trinajstić information content (AvgIpc) is 3.23. The second-order valence-corrected chi connectivity index (χ2v) is 12.7. The van der Waals surface area contributed by atoms with Gasteiger partial charge in [0.2, 0.25) is 0 Å². The fourth-order valence-electron chi connectivity index (χ4n) is 7.43. The maximum atomic E-state index is 13.8. The van der Waals surface area contributed by atoms with Gasteiger partial charge >= 0.3 is 12.1 Å². The molecule has 10 nitrogen and oxygen atoms in total. The number of aromatic hydroxyl groups is 1. The summed E-state index contributed by atoms with van der Waals surface area (Å²) in [4.78, 5) is 45.7. The van der Waals surface area contributed by atoms with Crippen molar-refractivity contribution in [2.75, 3.05) is 51.1 Å². The van der Waals surface area contributed by atoms with Crippen LogP contribution < -0.4 is 10.6 Å². The number of piperidine rings is 3. The topological polar surface area (TPSA) is 114 Å². The first-order valence-corrected chi connectivity index (χ1v) is 16.3. The highest BCUT2D eigenvalue weighted by molar-refractivity contribution is 5.91. The summed E-state index contributed by atoms with van der Waals surface area (Å²) < 4.78 is 5.98. The number of anilines is 1. The molecule has 3 N–H and O–H groups in total. The van der Waals surface area contributed by atoms with E-state index in [1.807, 2.05) is 34.1 Å². The van der Waals surface area contributed by atoms with Crippen molar-refractivity contribution in [2.24, 2.45) is 11.8 Å². The number of rotatable bonds is 6. The van der Waals surface area contributed by atoms with Crippen LogP contribution >= 0.6 is 0 Å². The molecule has 3 saturated heterocycles. The van der Waals surface area contributed by atoms with Crippen LogP contribution in [-0.2, 0) is 22.4 Å². The van der Waals surface area contributed by atoms with E-state index >= 15 is 0 Å². The normalized spacial score (nSPS) is 20.8. The Bertz CT molecular complexity index is 1300. The number of ether oxygens (including phenoxy) is 1. The predicted molar refractivity (Wildman–Crippen MR) is 174 cm³/mol. The number of nitrogens with zero attached hydrogens (tertiary/aromatic N) is 3. The number of phenols is 1. The molecule has 0 bridgehead atoms. The van der Waals surface area contributed by atoms with Crippen LogP contribution in [0.25, 0.3) is 0 Å². The van der Waals surface area contributed by atoms with E-state index < -0.39 is 12.2 Å². The zero-order valence-electron chi connectivity index (χ0n) is 25.5. The van der Waals surface area contributed by atoms with E-state index in [0.29, 0.717) is 51.5 Å². The number of benzene rings is 2. The van der Waals surface area contributed by atoms with Gasteiger partial charge in [-0.15, -0.1) is 0 Å². The Kier molecular flexibility index (Phi) is 10.9. The van der Waals surface area contributed by atoms with E-state index in [2.05, 4.69) is 10.6 Å². The van der Waals surface area contributed by atoms with Crippen molar-refractivity contribution in [3.63, 3.8) is 0 Å². The van der Waals surface area contributed by atoms with Crippen molar-refractivity contribution in [1.29, 1.82) is 0 Å². The summed E-state index contributed by atoms with van der Waals surface area (Å²) in [5.41, 5.74) is 2.82. The third-order valence-corrected chi connectivity index (χ3v) is 10.1. The van der Waals surface area contributed by atoms with Gasteiger partial charge in [-0.25, -0.2) is 9.59 Å². The number of phenolic OH excluding ortho intramolecular Hbond substituents is 1. The lowest BCUT2D eigenvalue weighted by atomic mass is 9.79. The zero-order valence-corrected chi connectivity index (χ0v) is 25.5. The van der Waals surface area contributed by atoms with Crippen molar-refractivity contribution >= 4 is 23.7 Å². The van der Waals surface area contributed by atoms with E-state index in [9.17, 15) is 19.5 Å². The first-order valence-electron chi connectivity index (χ1n) is 16.3. The Labute approximate surface area is 267 Å². The summed E-state index contributed by atoms with van der Waals surface area (Å²) in [6.45, 7) is 5.07. The number of likely N-dealkylation sites (tertiary alicyclic amines) is 2. The molecule has 45 heavy (non-hydrogen) atoms. The molecule has 4 aliphatic rings. The lowest BCUT2D eigenvalue weighted by molar-refractivity contribution is -0.142. The summed E-state index contributed by atoms with van der Waals surface area (Å²) in [5, 5.41) is 16.2. The predicted octanol–water partition coefficient (Wildman–Crippen LogP) is 4.87. The Hall–Kier alpha value is -3.79. The van der Waals surface area contributed by atoms with E-state index in [4.69, 9.17) is 4.74 Å². The van der Waals surface area contributed by atoms with Crippen molar-refractivity contribution in [2.45, 2.75) is 70.9 Å². The Morgan fingerprint density at radius 1 is 0.844 bits per heavy atom. The minimum absolute atomic E-state index is 0. The molecule has 4 aliphatic heterocycles. The maximum absolute atomic E-state index is 13.8. The van der Waals surface area contributed by atoms with Gasteiger partial charge in [-0.3, -0.25) is 4.79 Å². The number of fused-ring (bicyclic) bond motifs is 1. The number of nitrogens with one attached hydrogen (secondary N) is 2. The summed E-state index contributed by atoms with van der Waals surface area (Å²) in [6.07, 6.45) is 5.29. The smallest absolute Gasteiger partial charge is 0.410 e. The van der Waals surface area contributed by atoms with E-state index in [1.54, 1.807) is 29.2 Å². The third kappa shape index (κ3) is 7.90. The zero-order chi connectivity index (χ0) is 30.5. The summed E-state index contributed by atoms with van der Waals surface area (Å²) in [6, 6.07) is 14.5. The maximum Gasteiger partial charge on any atom is 0.410 e. The first-order chi connectivity index (χ1) is 21.4. The van der Waals surface area contributed by atoms with Crippen molar-refractivity contribution in [3.05, 3.63) is 59.7 Å². The van der Waals surface area contributed by atoms with Crippen LogP contribution in [0, 0.1) is 11.8 Å². The number of hydrogen-bond acceptors (Lipinski definition) is 6. The number of carbonyl (C=O) groups is 3. The fraction of sp³-hybridized carbons (Fsp3) is 0.571. The van der Waals surface area contributed by atoms with Gasteiger partial charge < -0.3 is 35.2 Å². The summed E-state index contributed by atoms with van der Waals surface area (Å²) in [5.74, 6) is 1.36. The highest BCUT2D eigenvalue weighted by Gasteiger charge is 2.36. The summed E-state index contributed by atoms with van der Waals surface area (Å²) >= 11 is 0. The van der Waals surface area contributed by atoms with Gasteiger partial charge in [-0.2, -0.15) is 0 Å². The molecule has 0 saturated carbocycles. The Morgan fingerprint density at radius 2 is 1.49 bits per heavy atom. The highest BCUT2D eigenvalue weighted by Crippen LogP contribution is 2.31. The van der Waals surface area contributed by atoms with Gasteiger partial charge in [0.05, 0.1) is 0 Å². The lowest BCUT2D eigenvalue weighted by Gasteiger charge is -2.39. The van der Waals surface area contributed by atoms with Crippen LogP contribution in [0.4, 0.5) is 15.3 Å². The van der Waals surface area contributed by atoms with Gasteiger partial charge in [0.25, 0.3) is 5.91 Å². The fourth-order valence-corrected chi connectivity index (χ4v) is 7.43. The highest BCUT2D eigenvalue weighted by atomic mass is 16.6. The molecule has 0 unspecified atom stereocenters. The third-order valence-electron chi connectivity index (χ3n) is 10.1. The molecule has 1 atom stereocenters.